The quantitative estimate of drug-likeness (QED) is 0.122. The molecule has 0 saturated heterocycles. The van der Waals surface area contributed by atoms with Crippen LogP contribution in [0.4, 0.5) is 0 Å². The second kappa shape index (κ2) is 25.3. The predicted octanol–water partition coefficient (Wildman–Crippen LogP) is 26.5. The van der Waals surface area contributed by atoms with Crippen LogP contribution in [0.15, 0.2) is 381 Å². The molecule has 0 N–H and O–H groups in total. The molecule has 21 aromatic rings. The smallest absolute Gasteiger partial charge is 0.164 e. The van der Waals surface area contributed by atoms with Crippen LogP contribution >= 0.6 is 0 Å². The van der Waals surface area contributed by atoms with Gasteiger partial charge in [0.25, 0.3) is 0 Å². The molecule has 5 heterocycles. The summed E-state index contributed by atoms with van der Waals surface area (Å²) in [4.78, 5) is 11.1. The Balaban J connectivity index is 0.983. The third kappa shape index (κ3) is 10.1. The first-order chi connectivity index (χ1) is 53.5. The van der Waals surface area contributed by atoms with Gasteiger partial charge in [0.2, 0.25) is 0 Å². The zero-order valence-corrected chi connectivity index (χ0v) is 58.4. The number of furan rings is 1. The SMILES string of the molecule is N#Cc1c(-n2c3ccc(-c4ccccc4)cc3c3cc(-c4ccccc4)ccc32)c(-n2c3ccc(-c4ccccc4)cc3c3cc(-c4ccccc4)ccc32)c2oc3c(-c4nc(-c5ccccc5)cc(-c5ccccc5)n4)cccc3c2c1-n1c2ccc(-c3ccccc3)cc2c2cc(-c3ccccc3)ccc21. The number of hydrogen-bond donors (Lipinski definition) is 0. The van der Waals surface area contributed by atoms with Crippen molar-refractivity contribution in [1.82, 2.24) is 23.7 Å². The molecule has 0 bridgehead atoms. The fraction of sp³-hybridized carbons (Fsp3) is 0. The monoisotopic (exact) mass is 1370 g/mol. The summed E-state index contributed by atoms with van der Waals surface area (Å²) in [6.45, 7) is 0. The van der Waals surface area contributed by atoms with E-state index in [1.165, 1.54) is 0 Å². The van der Waals surface area contributed by atoms with Gasteiger partial charge in [0.15, 0.2) is 11.4 Å². The Bertz CT molecular complexity index is 6830. The summed E-state index contributed by atoms with van der Waals surface area (Å²) in [5.41, 5.74) is 26.3. The average molecular weight is 1380 g/mol. The summed E-state index contributed by atoms with van der Waals surface area (Å²) in [6, 6.07) is 137. The van der Waals surface area contributed by atoms with E-state index in [9.17, 15) is 5.26 Å². The molecule has 0 amide bonds. The maximum Gasteiger partial charge on any atom is 0.164 e. The van der Waals surface area contributed by atoms with Crippen molar-refractivity contribution in [3.05, 3.63) is 382 Å². The maximum atomic E-state index is 13.5. The summed E-state index contributed by atoms with van der Waals surface area (Å²) in [7, 11) is 0. The molecule has 21 rings (SSSR count). The number of rotatable bonds is 12. The Morgan fingerprint density at radius 1 is 0.231 bits per heavy atom. The van der Waals surface area contributed by atoms with Crippen LogP contribution in [0.5, 0.6) is 0 Å². The highest BCUT2D eigenvalue weighted by atomic mass is 16.3. The number of nitrogens with zero attached hydrogens (tertiary/aromatic N) is 6. The van der Waals surface area contributed by atoms with Gasteiger partial charge in [0.1, 0.15) is 22.9 Å². The van der Waals surface area contributed by atoms with E-state index >= 15 is 0 Å². The third-order valence-corrected chi connectivity index (χ3v) is 21.7. The Kier molecular flexibility index (Phi) is 14.5. The number of hydrogen-bond acceptors (Lipinski definition) is 4. The summed E-state index contributed by atoms with van der Waals surface area (Å²) in [5, 5.41) is 21.2. The zero-order valence-electron chi connectivity index (χ0n) is 58.4. The van der Waals surface area contributed by atoms with Crippen LogP contribution in [-0.4, -0.2) is 23.7 Å². The lowest BCUT2D eigenvalue weighted by molar-refractivity contribution is 0.666. The lowest BCUT2D eigenvalue weighted by Gasteiger charge is -2.22. The van der Waals surface area contributed by atoms with Crippen LogP contribution in [0.1, 0.15) is 5.56 Å². The molecule has 16 aromatic carbocycles. The van der Waals surface area contributed by atoms with Gasteiger partial charge in [-0.15, -0.1) is 0 Å². The summed E-state index contributed by atoms with van der Waals surface area (Å²) < 4.78 is 15.4. The van der Waals surface area contributed by atoms with Gasteiger partial charge in [-0.05, 0) is 152 Å². The number of aromatic nitrogens is 5. The van der Waals surface area contributed by atoms with Crippen molar-refractivity contribution in [1.29, 1.82) is 5.26 Å². The van der Waals surface area contributed by atoms with E-state index < -0.39 is 0 Å². The lowest BCUT2D eigenvalue weighted by atomic mass is 9.99. The number of para-hydroxylation sites is 1. The molecule has 0 radical (unpaired) electrons. The molecule has 108 heavy (non-hydrogen) atoms. The minimum absolute atomic E-state index is 0.437. The normalized spacial score (nSPS) is 11.7. The van der Waals surface area contributed by atoms with Gasteiger partial charge in [-0.3, -0.25) is 0 Å². The van der Waals surface area contributed by atoms with Gasteiger partial charge in [0, 0.05) is 48.8 Å². The van der Waals surface area contributed by atoms with Gasteiger partial charge in [0.05, 0.1) is 66.8 Å². The predicted molar refractivity (Wildman–Crippen MR) is 446 cm³/mol. The molecule has 0 spiro atoms. The van der Waals surface area contributed by atoms with E-state index in [2.05, 4.69) is 359 Å². The van der Waals surface area contributed by atoms with E-state index in [1.54, 1.807) is 0 Å². The van der Waals surface area contributed by atoms with Crippen LogP contribution in [0.3, 0.4) is 0 Å². The van der Waals surface area contributed by atoms with Crippen LogP contribution < -0.4 is 0 Å². The summed E-state index contributed by atoms with van der Waals surface area (Å²) in [5.74, 6) is 0.493. The molecular weight excluding hydrogens is 1310 g/mol. The summed E-state index contributed by atoms with van der Waals surface area (Å²) in [6.07, 6.45) is 0. The van der Waals surface area contributed by atoms with Crippen LogP contribution in [-0.2, 0) is 0 Å². The second-order valence-electron chi connectivity index (χ2n) is 27.8. The Morgan fingerprint density at radius 3 is 0.806 bits per heavy atom. The second-order valence-corrected chi connectivity index (χ2v) is 27.8. The molecule has 7 heteroatoms. The largest absolute Gasteiger partial charge is 0.453 e. The van der Waals surface area contributed by atoms with E-state index in [4.69, 9.17) is 14.4 Å². The highest BCUT2D eigenvalue weighted by Crippen LogP contribution is 2.52. The molecule has 7 nitrogen and oxygen atoms in total. The average Bonchev–Trinajstić information content (AvgIpc) is 1.51. The van der Waals surface area contributed by atoms with Gasteiger partial charge < -0.3 is 18.1 Å². The summed E-state index contributed by atoms with van der Waals surface area (Å²) >= 11 is 0. The zero-order chi connectivity index (χ0) is 71.3. The van der Waals surface area contributed by atoms with Crippen molar-refractivity contribution in [2.75, 3.05) is 0 Å². The lowest BCUT2D eigenvalue weighted by Crippen LogP contribution is -2.11. The van der Waals surface area contributed by atoms with Gasteiger partial charge in [-0.1, -0.05) is 291 Å². The van der Waals surface area contributed by atoms with E-state index in [0.29, 0.717) is 45.2 Å². The van der Waals surface area contributed by atoms with Crippen molar-refractivity contribution < 1.29 is 4.42 Å². The van der Waals surface area contributed by atoms with Gasteiger partial charge >= 0.3 is 0 Å². The first-order valence-corrected chi connectivity index (χ1v) is 36.6. The molecular formula is C101H62N6O. The molecule has 0 saturated carbocycles. The van der Waals surface area contributed by atoms with Gasteiger partial charge in [-0.2, -0.15) is 5.26 Å². The molecule has 0 aliphatic heterocycles. The molecule has 0 aliphatic rings. The fourth-order valence-corrected chi connectivity index (χ4v) is 16.6. The van der Waals surface area contributed by atoms with Crippen molar-refractivity contribution in [2.24, 2.45) is 0 Å². The van der Waals surface area contributed by atoms with Crippen molar-refractivity contribution in [3.8, 4) is 124 Å². The molecule has 0 fully saturated rings. The van der Waals surface area contributed by atoms with Crippen molar-refractivity contribution in [3.63, 3.8) is 0 Å². The highest BCUT2D eigenvalue weighted by molar-refractivity contribution is 6.23. The van der Waals surface area contributed by atoms with Crippen LogP contribution in [0, 0.1) is 11.3 Å². The van der Waals surface area contributed by atoms with Crippen LogP contribution in [0.2, 0.25) is 0 Å². The molecule has 0 aliphatic carbocycles. The maximum absolute atomic E-state index is 13.5. The number of benzene rings is 16. The third-order valence-electron chi connectivity index (χ3n) is 21.7. The number of nitriles is 1. The minimum Gasteiger partial charge on any atom is -0.453 e. The first kappa shape index (κ1) is 61.9. The minimum atomic E-state index is 0.437. The molecule has 0 unspecified atom stereocenters. The molecule has 5 aromatic heterocycles. The van der Waals surface area contributed by atoms with E-state index in [1.807, 2.05) is 36.4 Å². The van der Waals surface area contributed by atoms with E-state index in [0.717, 1.165) is 165 Å². The van der Waals surface area contributed by atoms with Crippen LogP contribution in [0.25, 0.3) is 205 Å². The Labute approximate surface area is 622 Å². The first-order valence-electron chi connectivity index (χ1n) is 36.6. The topological polar surface area (TPSA) is 77.5 Å². The Hall–Kier alpha value is -14.7. The Morgan fingerprint density at radius 2 is 0.509 bits per heavy atom. The highest BCUT2D eigenvalue weighted by Gasteiger charge is 2.34. The fourth-order valence-electron chi connectivity index (χ4n) is 16.6. The number of fused-ring (bicyclic) bond motifs is 12. The standard InChI is InChI=1S/C101H62N6O/c102-63-86-96(105-89-50-44-72(64-26-9-1-10-27-64)56-80(89)81-57-73(45-51-90(81)105)65-28-11-2-12-29-65)95-78-42-25-43-79(101-103-87(70-38-21-7-22-39-70)62-88(104-101)71-40-23-8-24-41-71)99(78)108-100(95)98(107-93-54-48-76(68-34-17-5-18-35-68)60-84(93)85-61-77(49-55-94(85)107)69-36-19-6-20-37-69)97(86)106-91-52-46-74(66-30-13-3-14-31-66)58-82(91)83-59-75(47-53-92(83)106)67-32-15-4-16-33-67/h1-62H. The van der Waals surface area contributed by atoms with Crippen molar-refractivity contribution in [2.45, 2.75) is 0 Å². The van der Waals surface area contributed by atoms with Crippen molar-refractivity contribution >= 4 is 87.4 Å². The molecule has 502 valence electrons. The van der Waals surface area contributed by atoms with E-state index in [-0.39, 0.29) is 0 Å². The molecule has 0 atom stereocenters. The van der Waals surface area contributed by atoms with Gasteiger partial charge in [-0.25, -0.2) is 9.97 Å².